The summed E-state index contributed by atoms with van der Waals surface area (Å²) in [5.41, 5.74) is 0.110. The minimum atomic E-state index is -0.975. The van der Waals surface area contributed by atoms with Crippen LogP contribution in [0.4, 0.5) is 0 Å². The summed E-state index contributed by atoms with van der Waals surface area (Å²) in [4.78, 5) is 10.8. The predicted octanol–water partition coefficient (Wildman–Crippen LogP) is 0.629. The smallest absolute Gasteiger partial charge is 0.336 e. The van der Waals surface area contributed by atoms with Crippen LogP contribution in [0.3, 0.4) is 0 Å². The average Bonchev–Trinajstić information content (AvgIpc) is 2.09. The lowest BCUT2D eigenvalue weighted by Gasteiger charge is -2.21. The van der Waals surface area contributed by atoms with Gasteiger partial charge < -0.3 is 9.84 Å². The van der Waals surface area contributed by atoms with Gasteiger partial charge in [-0.2, -0.15) is 0 Å². The molecule has 1 saturated heterocycles. The Balaban J connectivity index is 2.79. The van der Waals surface area contributed by atoms with E-state index in [2.05, 4.69) is 6.58 Å². The molecule has 1 heterocycles. The molecule has 0 radical (unpaired) electrons. The van der Waals surface area contributed by atoms with Gasteiger partial charge in [0.05, 0.1) is 0 Å². The molecule has 0 aromatic heterocycles. The Morgan fingerprint density at radius 2 is 2.45 bits per heavy atom. The number of hydrogen-bond acceptors (Lipinski definition) is 3. The molecule has 11 heavy (non-hydrogen) atoms. The van der Waals surface area contributed by atoms with Crippen molar-refractivity contribution in [2.45, 2.75) is 32.0 Å². The molecule has 1 rings (SSSR count). The lowest BCUT2D eigenvalue weighted by Crippen LogP contribution is -2.24. The van der Waals surface area contributed by atoms with Gasteiger partial charge in [0.25, 0.3) is 0 Å². The summed E-state index contributed by atoms with van der Waals surface area (Å²) in [6.07, 6.45) is -0.655. The highest BCUT2D eigenvalue weighted by molar-refractivity contribution is 5.77. The summed E-state index contributed by atoms with van der Waals surface area (Å²) in [5.74, 6) is -0.546. The standard InChI is InChI=1S/C8H12O3/c1-5(2)8(3)4-6(9)7(10)11-8/h6,9H,1,4H2,2-3H3/t6?,8-/m0/s1. The lowest BCUT2D eigenvalue weighted by molar-refractivity contribution is -0.150. The van der Waals surface area contributed by atoms with Crippen molar-refractivity contribution in [1.82, 2.24) is 0 Å². The number of carbonyl (C=O) groups is 1. The van der Waals surface area contributed by atoms with Crippen molar-refractivity contribution < 1.29 is 14.6 Å². The molecule has 2 atom stereocenters. The largest absolute Gasteiger partial charge is 0.453 e. The fraction of sp³-hybridized carbons (Fsp3) is 0.625. The number of aliphatic hydroxyl groups excluding tert-OH is 1. The van der Waals surface area contributed by atoms with E-state index in [1.165, 1.54) is 0 Å². The SMILES string of the molecule is C=C(C)[C@]1(C)CC(O)C(=O)O1. The van der Waals surface area contributed by atoms with Gasteiger partial charge >= 0.3 is 5.97 Å². The van der Waals surface area contributed by atoms with Gasteiger partial charge in [0.2, 0.25) is 0 Å². The first kappa shape index (κ1) is 8.27. The van der Waals surface area contributed by atoms with Crippen LogP contribution in [0.1, 0.15) is 20.3 Å². The molecular weight excluding hydrogens is 144 g/mol. The Morgan fingerprint density at radius 3 is 2.64 bits per heavy atom. The van der Waals surface area contributed by atoms with E-state index in [0.29, 0.717) is 6.42 Å². The first-order valence-corrected chi connectivity index (χ1v) is 3.52. The van der Waals surface area contributed by atoms with Gasteiger partial charge in [-0.25, -0.2) is 4.79 Å². The van der Waals surface area contributed by atoms with Gasteiger partial charge in [0.1, 0.15) is 5.60 Å². The third kappa shape index (κ3) is 1.28. The first-order chi connectivity index (χ1) is 4.96. The Bertz CT molecular complexity index is 207. The quantitative estimate of drug-likeness (QED) is 0.447. The van der Waals surface area contributed by atoms with Crippen LogP contribution in [0.5, 0.6) is 0 Å². The fourth-order valence-corrected chi connectivity index (χ4v) is 1.05. The summed E-state index contributed by atoms with van der Waals surface area (Å²) in [5, 5.41) is 9.07. The van der Waals surface area contributed by atoms with Crippen LogP contribution in [-0.4, -0.2) is 22.8 Å². The van der Waals surface area contributed by atoms with Crippen LogP contribution in [0, 0.1) is 0 Å². The maximum absolute atomic E-state index is 10.8. The molecule has 0 bridgehead atoms. The molecule has 1 unspecified atom stereocenters. The summed E-state index contributed by atoms with van der Waals surface area (Å²) in [7, 11) is 0. The summed E-state index contributed by atoms with van der Waals surface area (Å²) in [6, 6.07) is 0. The third-order valence-electron chi connectivity index (χ3n) is 2.08. The van der Waals surface area contributed by atoms with E-state index in [0.717, 1.165) is 5.57 Å². The monoisotopic (exact) mass is 156 g/mol. The first-order valence-electron chi connectivity index (χ1n) is 3.52. The topological polar surface area (TPSA) is 46.5 Å². The van der Waals surface area contributed by atoms with Crippen molar-refractivity contribution in [1.29, 1.82) is 0 Å². The number of esters is 1. The van der Waals surface area contributed by atoms with E-state index < -0.39 is 17.7 Å². The van der Waals surface area contributed by atoms with Crippen LogP contribution in [0.25, 0.3) is 0 Å². The van der Waals surface area contributed by atoms with Gasteiger partial charge in [-0.15, -0.1) is 0 Å². The zero-order chi connectivity index (χ0) is 8.65. The number of carbonyl (C=O) groups excluding carboxylic acids is 1. The van der Waals surface area contributed by atoms with Gasteiger partial charge in [0, 0.05) is 6.42 Å². The molecule has 1 aliphatic heterocycles. The normalized spacial score (nSPS) is 37.0. The lowest BCUT2D eigenvalue weighted by atomic mass is 9.94. The van der Waals surface area contributed by atoms with E-state index in [4.69, 9.17) is 9.84 Å². The van der Waals surface area contributed by atoms with Crippen molar-refractivity contribution in [3.05, 3.63) is 12.2 Å². The minimum Gasteiger partial charge on any atom is -0.453 e. The molecule has 62 valence electrons. The van der Waals surface area contributed by atoms with E-state index in [9.17, 15) is 4.79 Å². The summed E-state index contributed by atoms with van der Waals surface area (Å²) < 4.78 is 4.93. The van der Waals surface area contributed by atoms with Crippen molar-refractivity contribution in [2.24, 2.45) is 0 Å². The molecule has 3 heteroatoms. The van der Waals surface area contributed by atoms with Crippen LogP contribution in [0.15, 0.2) is 12.2 Å². The molecular formula is C8H12O3. The molecule has 0 aromatic carbocycles. The molecule has 1 fully saturated rings. The van der Waals surface area contributed by atoms with E-state index in [1.54, 1.807) is 13.8 Å². The Labute approximate surface area is 65.7 Å². The van der Waals surface area contributed by atoms with E-state index in [-0.39, 0.29) is 0 Å². The molecule has 0 spiro atoms. The number of rotatable bonds is 1. The maximum Gasteiger partial charge on any atom is 0.336 e. The number of hydrogen-bond donors (Lipinski definition) is 1. The highest BCUT2D eigenvalue weighted by atomic mass is 16.6. The average molecular weight is 156 g/mol. The van der Waals surface area contributed by atoms with Crippen molar-refractivity contribution in [3.63, 3.8) is 0 Å². The van der Waals surface area contributed by atoms with E-state index >= 15 is 0 Å². The van der Waals surface area contributed by atoms with Crippen LogP contribution >= 0.6 is 0 Å². The highest BCUT2D eigenvalue weighted by Gasteiger charge is 2.42. The highest BCUT2D eigenvalue weighted by Crippen LogP contribution is 2.31. The van der Waals surface area contributed by atoms with E-state index in [1.807, 2.05) is 0 Å². The predicted molar refractivity (Wildman–Crippen MR) is 39.9 cm³/mol. The van der Waals surface area contributed by atoms with Crippen LogP contribution < -0.4 is 0 Å². The summed E-state index contributed by atoms with van der Waals surface area (Å²) in [6.45, 7) is 7.23. The molecule has 1 aliphatic rings. The van der Waals surface area contributed by atoms with Gasteiger partial charge in [-0.05, 0) is 19.4 Å². The zero-order valence-electron chi connectivity index (χ0n) is 6.76. The molecule has 0 amide bonds. The Morgan fingerprint density at radius 1 is 1.91 bits per heavy atom. The van der Waals surface area contributed by atoms with Crippen LogP contribution in [-0.2, 0) is 9.53 Å². The van der Waals surface area contributed by atoms with Gasteiger partial charge in [-0.1, -0.05) is 6.58 Å². The second-order valence-corrected chi connectivity index (χ2v) is 3.15. The van der Waals surface area contributed by atoms with Gasteiger partial charge in [-0.3, -0.25) is 0 Å². The zero-order valence-corrected chi connectivity index (χ0v) is 6.76. The number of cyclic esters (lactones) is 1. The minimum absolute atomic E-state index is 0.321. The third-order valence-corrected chi connectivity index (χ3v) is 2.08. The molecule has 1 N–H and O–H groups in total. The van der Waals surface area contributed by atoms with Crippen molar-refractivity contribution in [3.8, 4) is 0 Å². The molecule has 0 saturated carbocycles. The van der Waals surface area contributed by atoms with Crippen LogP contribution in [0.2, 0.25) is 0 Å². The molecule has 0 aromatic rings. The molecule has 3 nitrogen and oxygen atoms in total. The van der Waals surface area contributed by atoms with Crippen molar-refractivity contribution >= 4 is 5.97 Å². The van der Waals surface area contributed by atoms with Crippen molar-refractivity contribution in [2.75, 3.05) is 0 Å². The summed E-state index contributed by atoms with van der Waals surface area (Å²) >= 11 is 0. The number of aliphatic hydroxyl groups is 1. The fourth-order valence-electron chi connectivity index (χ4n) is 1.05. The van der Waals surface area contributed by atoms with Gasteiger partial charge in [0.15, 0.2) is 6.10 Å². The maximum atomic E-state index is 10.8. The second kappa shape index (κ2) is 2.34. The molecule has 0 aliphatic carbocycles. The Hall–Kier alpha value is -0.830. The second-order valence-electron chi connectivity index (χ2n) is 3.15. The number of ether oxygens (including phenoxy) is 1. The Kier molecular flexibility index (Phi) is 1.76.